The lowest BCUT2D eigenvalue weighted by Crippen LogP contribution is -2.39. The Morgan fingerprint density at radius 2 is 1.10 bits per heavy atom. The highest BCUT2D eigenvalue weighted by Crippen LogP contribution is 2.28. The lowest BCUT2D eigenvalue weighted by molar-refractivity contribution is -0.124. The maximum absolute atomic E-state index is 11.9. The van der Waals surface area contributed by atoms with Crippen molar-refractivity contribution in [2.24, 2.45) is 0 Å². The van der Waals surface area contributed by atoms with E-state index in [1.165, 1.54) is 83.5 Å². The van der Waals surface area contributed by atoms with E-state index in [1.54, 1.807) is 0 Å². The molecule has 41 heavy (non-hydrogen) atoms. The Bertz CT molecular complexity index is 889. The Balaban J connectivity index is 1.32. The molecule has 1 aliphatic rings. The van der Waals surface area contributed by atoms with Crippen LogP contribution in [0.3, 0.4) is 0 Å². The van der Waals surface area contributed by atoms with Crippen molar-refractivity contribution >= 4 is 6.29 Å². The normalized spacial score (nSPS) is 20.4. The first-order valence-corrected chi connectivity index (χ1v) is 16.3. The third-order valence-corrected chi connectivity index (χ3v) is 7.97. The van der Waals surface area contributed by atoms with Gasteiger partial charge in [0.05, 0.1) is 19.8 Å². The monoisotopic (exact) mass is 566 g/mol. The van der Waals surface area contributed by atoms with Gasteiger partial charge in [0.25, 0.3) is 0 Å². The summed E-state index contributed by atoms with van der Waals surface area (Å²) in [5.41, 5.74) is 2.13. The number of ether oxygens (including phenoxy) is 4. The van der Waals surface area contributed by atoms with Gasteiger partial charge in [-0.05, 0) is 17.5 Å². The molecule has 0 radical (unpaired) electrons. The molecule has 1 saturated heterocycles. The van der Waals surface area contributed by atoms with Gasteiger partial charge >= 0.3 is 0 Å². The van der Waals surface area contributed by atoms with E-state index in [1.807, 2.05) is 60.7 Å². The second kappa shape index (κ2) is 21.6. The van der Waals surface area contributed by atoms with Gasteiger partial charge in [0, 0.05) is 6.61 Å². The van der Waals surface area contributed by atoms with Gasteiger partial charge in [-0.25, -0.2) is 0 Å². The highest BCUT2D eigenvalue weighted by Gasteiger charge is 2.46. The largest absolute Gasteiger partial charge is 0.379 e. The predicted molar refractivity (Wildman–Crippen MR) is 166 cm³/mol. The lowest BCUT2D eigenvalue weighted by atomic mass is 10.0. The molecular formula is C36H54O5. The van der Waals surface area contributed by atoms with Crippen LogP contribution in [0.4, 0.5) is 0 Å². The summed E-state index contributed by atoms with van der Waals surface area (Å²) in [5, 5.41) is 0. The van der Waals surface area contributed by atoms with E-state index in [0.29, 0.717) is 26.4 Å². The quantitative estimate of drug-likeness (QED) is 0.0940. The second-order valence-corrected chi connectivity index (χ2v) is 11.5. The SMILES string of the molecule is CCCCCCCCCCCCCCCCOC[C@H]1O[C@H](C=O)[C@@H](OCc2ccccc2)[C@@H]1OCc1ccccc1. The van der Waals surface area contributed by atoms with Gasteiger partial charge in [0.15, 0.2) is 6.29 Å². The number of hydrogen-bond donors (Lipinski definition) is 0. The third kappa shape index (κ3) is 13.6. The van der Waals surface area contributed by atoms with Crippen LogP contribution in [-0.2, 0) is 37.0 Å². The molecule has 5 heteroatoms. The zero-order valence-corrected chi connectivity index (χ0v) is 25.4. The highest BCUT2D eigenvalue weighted by molar-refractivity contribution is 5.58. The zero-order chi connectivity index (χ0) is 28.8. The Kier molecular flexibility index (Phi) is 17.6. The summed E-state index contributed by atoms with van der Waals surface area (Å²) in [6.45, 7) is 4.21. The lowest BCUT2D eigenvalue weighted by Gasteiger charge is -2.24. The van der Waals surface area contributed by atoms with E-state index >= 15 is 0 Å². The van der Waals surface area contributed by atoms with Crippen molar-refractivity contribution in [1.29, 1.82) is 0 Å². The van der Waals surface area contributed by atoms with Crippen LogP contribution in [0.5, 0.6) is 0 Å². The minimum atomic E-state index is -0.672. The van der Waals surface area contributed by atoms with Crippen molar-refractivity contribution < 1.29 is 23.7 Å². The fraction of sp³-hybridized carbons (Fsp3) is 0.639. The first kappa shape index (κ1) is 33.5. The van der Waals surface area contributed by atoms with E-state index in [-0.39, 0.29) is 12.2 Å². The molecule has 0 bridgehead atoms. The van der Waals surface area contributed by atoms with Crippen LogP contribution >= 0.6 is 0 Å². The molecule has 1 fully saturated rings. The molecule has 228 valence electrons. The second-order valence-electron chi connectivity index (χ2n) is 11.5. The summed E-state index contributed by atoms with van der Waals surface area (Å²) < 4.78 is 24.7. The third-order valence-electron chi connectivity index (χ3n) is 7.97. The van der Waals surface area contributed by atoms with Gasteiger partial charge in [-0.15, -0.1) is 0 Å². The van der Waals surface area contributed by atoms with E-state index in [4.69, 9.17) is 18.9 Å². The van der Waals surface area contributed by atoms with Crippen LogP contribution in [0.1, 0.15) is 108 Å². The molecule has 0 aromatic heterocycles. The van der Waals surface area contributed by atoms with Crippen molar-refractivity contribution in [3.63, 3.8) is 0 Å². The molecular weight excluding hydrogens is 512 g/mol. The van der Waals surface area contributed by atoms with E-state index in [2.05, 4.69) is 6.92 Å². The van der Waals surface area contributed by atoms with Crippen molar-refractivity contribution in [2.45, 2.75) is 134 Å². The Morgan fingerprint density at radius 1 is 0.634 bits per heavy atom. The van der Waals surface area contributed by atoms with Crippen molar-refractivity contribution in [3.05, 3.63) is 71.8 Å². The smallest absolute Gasteiger partial charge is 0.151 e. The minimum absolute atomic E-state index is 0.346. The summed E-state index contributed by atoms with van der Waals surface area (Å²) >= 11 is 0. The van der Waals surface area contributed by atoms with Gasteiger partial charge in [-0.3, -0.25) is 0 Å². The van der Waals surface area contributed by atoms with Crippen LogP contribution in [0.15, 0.2) is 60.7 Å². The highest BCUT2D eigenvalue weighted by atomic mass is 16.6. The molecule has 0 spiro atoms. The average molecular weight is 567 g/mol. The molecule has 0 amide bonds. The molecule has 0 aliphatic carbocycles. The van der Waals surface area contributed by atoms with Crippen LogP contribution in [0, 0.1) is 0 Å². The number of benzene rings is 2. The molecule has 4 atom stereocenters. The van der Waals surface area contributed by atoms with Crippen molar-refractivity contribution in [3.8, 4) is 0 Å². The molecule has 1 heterocycles. The van der Waals surface area contributed by atoms with Crippen molar-refractivity contribution in [1.82, 2.24) is 0 Å². The van der Waals surface area contributed by atoms with Gasteiger partial charge in [0.2, 0.25) is 0 Å². The first-order valence-electron chi connectivity index (χ1n) is 16.3. The fourth-order valence-electron chi connectivity index (χ4n) is 5.52. The molecule has 0 saturated carbocycles. The number of rotatable bonds is 24. The number of aldehydes is 1. The molecule has 1 aliphatic heterocycles. The van der Waals surface area contributed by atoms with Gasteiger partial charge in [0.1, 0.15) is 24.4 Å². The number of carbonyl (C=O) groups is 1. The number of carbonyl (C=O) groups excluding carboxylic acids is 1. The number of hydrogen-bond acceptors (Lipinski definition) is 5. The summed E-state index contributed by atoms with van der Waals surface area (Å²) in [6, 6.07) is 20.0. The summed E-state index contributed by atoms with van der Waals surface area (Å²) in [5.74, 6) is 0. The van der Waals surface area contributed by atoms with Gasteiger partial charge in [-0.2, -0.15) is 0 Å². The van der Waals surface area contributed by atoms with E-state index in [0.717, 1.165) is 23.8 Å². The van der Waals surface area contributed by atoms with Gasteiger partial charge in [-0.1, -0.05) is 151 Å². The molecule has 0 unspecified atom stereocenters. The summed E-state index contributed by atoms with van der Waals surface area (Å²) in [4.78, 5) is 11.9. The zero-order valence-electron chi connectivity index (χ0n) is 25.4. The Hall–Kier alpha value is -2.05. The topological polar surface area (TPSA) is 54.0 Å². The standard InChI is InChI=1S/C36H54O5/c1-2-3-4-5-6-7-8-9-10-11-12-13-14-21-26-38-30-34-36(40-29-32-24-19-16-20-25-32)35(33(27-37)41-34)39-28-31-22-17-15-18-23-31/h15-20,22-25,27,33-36H,2-14,21,26,28-30H2,1H3/t33-,34-,35-,36-/m1/s1. The van der Waals surface area contributed by atoms with Crippen LogP contribution < -0.4 is 0 Å². The van der Waals surface area contributed by atoms with Crippen LogP contribution in [0.25, 0.3) is 0 Å². The number of unbranched alkanes of at least 4 members (excludes halogenated alkanes) is 13. The van der Waals surface area contributed by atoms with E-state index in [9.17, 15) is 4.79 Å². The molecule has 3 rings (SSSR count). The predicted octanol–water partition coefficient (Wildman–Crippen LogP) is 8.62. The Morgan fingerprint density at radius 3 is 1.59 bits per heavy atom. The Labute approximate surface area is 249 Å². The maximum Gasteiger partial charge on any atom is 0.151 e. The van der Waals surface area contributed by atoms with E-state index < -0.39 is 12.2 Å². The maximum atomic E-state index is 11.9. The summed E-state index contributed by atoms with van der Waals surface area (Å²) in [7, 11) is 0. The average Bonchev–Trinajstić information content (AvgIpc) is 3.35. The molecule has 2 aromatic carbocycles. The minimum Gasteiger partial charge on any atom is -0.379 e. The molecule has 5 nitrogen and oxygen atoms in total. The molecule has 0 N–H and O–H groups in total. The van der Waals surface area contributed by atoms with Gasteiger partial charge < -0.3 is 23.7 Å². The van der Waals surface area contributed by atoms with Crippen LogP contribution in [0.2, 0.25) is 0 Å². The van der Waals surface area contributed by atoms with Crippen LogP contribution in [-0.4, -0.2) is 43.9 Å². The first-order chi connectivity index (χ1) is 20.3. The summed E-state index contributed by atoms with van der Waals surface area (Å²) in [6.07, 6.45) is 17.7. The fourth-order valence-corrected chi connectivity index (χ4v) is 5.52. The molecule has 2 aromatic rings. The van der Waals surface area contributed by atoms with Crippen molar-refractivity contribution in [2.75, 3.05) is 13.2 Å².